The van der Waals surface area contributed by atoms with E-state index >= 15 is 0 Å². The first kappa shape index (κ1) is 46.0. The van der Waals surface area contributed by atoms with Crippen LogP contribution in [0.5, 0.6) is 5.75 Å². The fraction of sp³-hybridized carbons (Fsp3) is 0.333. The first-order chi connectivity index (χ1) is 30.8. The van der Waals surface area contributed by atoms with Crippen molar-refractivity contribution in [1.29, 1.82) is 0 Å². The number of piperazine rings is 1. The zero-order valence-corrected chi connectivity index (χ0v) is 35.0. The van der Waals surface area contributed by atoms with Crippen molar-refractivity contribution in [2.75, 3.05) is 39.9 Å². The van der Waals surface area contributed by atoms with Gasteiger partial charge >= 0.3 is 24.6 Å². The highest BCUT2D eigenvalue weighted by molar-refractivity contribution is 7.99. The smallest absolute Gasteiger partial charge is 0.497 e. The first-order valence-corrected chi connectivity index (χ1v) is 20.7. The number of carbonyl (C=O) groups excluding carboxylic acids is 4. The number of carbonyl (C=O) groups is 4. The monoisotopic (exact) mass is 902 g/mol. The number of amides is 3. The summed E-state index contributed by atoms with van der Waals surface area (Å²) in [5.74, 6) is 0.744. The number of hydrogen-bond donors (Lipinski definition) is 0. The number of nitro benzene ring substituents is 2. The second-order valence-corrected chi connectivity index (χ2v) is 15.8. The summed E-state index contributed by atoms with van der Waals surface area (Å²) in [6.07, 6.45) is -4.73. The van der Waals surface area contributed by atoms with Crippen LogP contribution in [0.4, 0.5) is 25.8 Å². The van der Waals surface area contributed by atoms with Crippen molar-refractivity contribution in [2.24, 2.45) is 0 Å². The second-order valence-electron chi connectivity index (χ2n) is 14.5. The Balaban J connectivity index is 1.17. The number of rotatable bonds is 16. The Kier molecular flexibility index (Phi) is 15.5. The maximum absolute atomic E-state index is 14.5. The largest absolute Gasteiger partial charge is 0.508 e. The number of ether oxygens (including phenoxy) is 5. The van der Waals surface area contributed by atoms with Crippen LogP contribution in [-0.4, -0.2) is 111 Å². The molecule has 4 atom stereocenters. The SMILES string of the molecule is COc1ccc(CS[C@H]2C[C@@H](C(=O)N3CCN(C(=O)OC(c4ccccc4)[N+](=O)[O-])C(COC(=O)OCc4ccc([N+](=O)[O-])cc4)C3)N(C(=O)OCc3ccc([N+](=O)[O-])cc3)C2)cc1. The van der Waals surface area contributed by atoms with E-state index in [0.29, 0.717) is 22.6 Å². The molecular formula is C42H42N6O15S. The Morgan fingerprint density at radius 2 is 1.30 bits per heavy atom. The minimum Gasteiger partial charge on any atom is -0.497 e. The van der Waals surface area contributed by atoms with Crippen molar-refractivity contribution in [3.05, 3.63) is 156 Å². The highest BCUT2D eigenvalue weighted by Crippen LogP contribution is 2.33. The summed E-state index contributed by atoms with van der Waals surface area (Å²) in [7, 11) is 1.56. The van der Waals surface area contributed by atoms with E-state index in [1.807, 2.05) is 24.3 Å². The minimum atomic E-state index is -1.88. The number of non-ortho nitro benzene ring substituents is 2. The number of benzene rings is 4. The first-order valence-electron chi connectivity index (χ1n) is 19.7. The molecule has 0 saturated carbocycles. The molecule has 2 unspecified atom stereocenters. The van der Waals surface area contributed by atoms with Crippen molar-refractivity contribution >= 4 is 47.4 Å². The van der Waals surface area contributed by atoms with Crippen molar-refractivity contribution in [3.63, 3.8) is 0 Å². The molecule has 0 bridgehead atoms. The third-order valence-corrected chi connectivity index (χ3v) is 11.7. The van der Waals surface area contributed by atoms with Crippen LogP contribution in [-0.2, 0) is 42.7 Å². The maximum Gasteiger partial charge on any atom is 0.508 e. The van der Waals surface area contributed by atoms with Gasteiger partial charge in [0.1, 0.15) is 31.6 Å². The quantitative estimate of drug-likeness (QED) is 0.0382. The number of nitro groups is 3. The topological polar surface area (TPSA) is 254 Å². The lowest BCUT2D eigenvalue weighted by Gasteiger charge is -2.41. The Labute approximate surface area is 369 Å². The number of methoxy groups -OCH3 is 1. The number of likely N-dealkylation sites (tertiary alicyclic amines) is 1. The Morgan fingerprint density at radius 1 is 0.703 bits per heavy atom. The molecule has 2 heterocycles. The van der Waals surface area contributed by atoms with Gasteiger partial charge in [-0.1, -0.05) is 30.3 Å². The van der Waals surface area contributed by atoms with Crippen molar-refractivity contribution in [2.45, 2.75) is 48.9 Å². The summed E-state index contributed by atoms with van der Waals surface area (Å²) in [6.45, 7) is -1.49. The predicted octanol–water partition coefficient (Wildman–Crippen LogP) is 6.50. The highest BCUT2D eigenvalue weighted by atomic mass is 32.2. The number of thioether (sulfide) groups is 1. The zero-order valence-electron chi connectivity index (χ0n) is 34.2. The van der Waals surface area contributed by atoms with Crippen molar-refractivity contribution in [1.82, 2.24) is 14.7 Å². The van der Waals surface area contributed by atoms with E-state index in [2.05, 4.69) is 0 Å². The van der Waals surface area contributed by atoms with Gasteiger partial charge in [0.15, 0.2) is 0 Å². The average molecular weight is 903 g/mol. The lowest BCUT2D eigenvalue weighted by molar-refractivity contribution is -0.575. The molecule has 0 aliphatic carbocycles. The summed E-state index contributed by atoms with van der Waals surface area (Å²) >= 11 is 1.53. The molecule has 3 amide bonds. The summed E-state index contributed by atoms with van der Waals surface area (Å²) in [6, 6.07) is 23.6. The Bertz CT molecular complexity index is 2300. The molecule has 21 nitrogen and oxygen atoms in total. The molecule has 2 fully saturated rings. The van der Waals surface area contributed by atoms with E-state index in [1.165, 1.54) is 82.2 Å². The van der Waals surface area contributed by atoms with Crippen molar-refractivity contribution < 1.29 is 57.6 Å². The molecule has 4 aromatic rings. The molecule has 22 heteroatoms. The van der Waals surface area contributed by atoms with Crippen LogP contribution in [0.1, 0.15) is 34.9 Å². The van der Waals surface area contributed by atoms with E-state index in [0.717, 1.165) is 10.5 Å². The summed E-state index contributed by atoms with van der Waals surface area (Å²) in [5.41, 5.74) is 1.68. The third-order valence-electron chi connectivity index (χ3n) is 10.4. The third kappa shape index (κ3) is 12.1. The zero-order chi connectivity index (χ0) is 45.8. The Hall–Kier alpha value is -7.49. The van der Waals surface area contributed by atoms with Gasteiger partial charge in [-0.3, -0.25) is 44.9 Å². The van der Waals surface area contributed by atoms with Crippen LogP contribution < -0.4 is 4.74 Å². The van der Waals surface area contributed by atoms with Crippen LogP contribution >= 0.6 is 11.8 Å². The van der Waals surface area contributed by atoms with Gasteiger partial charge in [0, 0.05) is 61.4 Å². The molecule has 0 spiro atoms. The van der Waals surface area contributed by atoms with Crippen LogP contribution in [0, 0.1) is 30.3 Å². The van der Waals surface area contributed by atoms with Crippen LogP contribution in [0.3, 0.4) is 0 Å². The molecule has 2 aliphatic heterocycles. The Morgan fingerprint density at radius 3 is 1.88 bits per heavy atom. The summed E-state index contributed by atoms with van der Waals surface area (Å²) in [5, 5.41) is 33.9. The molecule has 64 heavy (non-hydrogen) atoms. The molecule has 0 radical (unpaired) electrons. The van der Waals surface area contributed by atoms with Gasteiger partial charge in [0.25, 0.3) is 11.4 Å². The molecule has 0 aromatic heterocycles. The normalized spacial score (nSPS) is 17.5. The highest BCUT2D eigenvalue weighted by Gasteiger charge is 2.45. The lowest BCUT2D eigenvalue weighted by atomic mass is 10.1. The molecule has 6 rings (SSSR count). The van der Waals surface area contributed by atoms with E-state index in [4.69, 9.17) is 23.7 Å². The maximum atomic E-state index is 14.5. The molecule has 0 N–H and O–H groups in total. The summed E-state index contributed by atoms with van der Waals surface area (Å²) < 4.78 is 26.8. The molecule has 2 aliphatic rings. The van der Waals surface area contributed by atoms with Crippen molar-refractivity contribution in [3.8, 4) is 5.75 Å². The van der Waals surface area contributed by atoms with Gasteiger partial charge in [0.2, 0.25) is 5.91 Å². The van der Waals surface area contributed by atoms with E-state index in [-0.39, 0.29) is 68.0 Å². The van der Waals surface area contributed by atoms with E-state index in [9.17, 15) is 49.5 Å². The second kappa shape index (κ2) is 21.5. The molecule has 4 aromatic carbocycles. The molecule has 336 valence electrons. The van der Waals surface area contributed by atoms with Gasteiger partial charge < -0.3 is 28.6 Å². The summed E-state index contributed by atoms with van der Waals surface area (Å²) in [4.78, 5) is 90.8. The standard InChI is InChI=1S/C42H42N6O15S/c1-59-35-17-11-30(12-18-35)27-64-36-21-37(45(23-36)40(50)60-24-28-7-13-32(14-8-28)46(53)54)38(49)43-19-20-44(41(51)63-39(48(57)58)31-5-3-2-4-6-31)34(22-43)26-62-42(52)61-25-29-9-15-33(16-10-29)47(55)56/h2-18,34,36-37,39H,19-27H2,1H3/t34?,36-,37-,39?/m0/s1. The van der Waals surface area contributed by atoms with E-state index in [1.54, 1.807) is 25.3 Å². The number of hydrogen-bond acceptors (Lipinski definition) is 16. The predicted molar refractivity (Wildman–Crippen MR) is 225 cm³/mol. The fourth-order valence-electron chi connectivity index (χ4n) is 6.96. The van der Waals surface area contributed by atoms with Crippen LogP contribution in [0.2, 0.25) is 0 Å². The van der Waals surface area contributed by atoms with Gasteiger partial charge in [-0.15, -0.1) is 0 Å². The van der Waals surface area contributed by atoms with Gasteiger partial charge in [-0.05, 0) is 71.6 Å². The van der Waals surface area contributed by atoms with Crippen LogP contribution in [0.25, 0.3) is 0 Å². The number of nitrogens with zero attached hydrogens (tertiary/aromatic N) is 6. The molecule has 2 saturated heterocycles. The van der Waals surface area contributed by atoms with Crippen LogP contribution in [0.15, 0.2) is 103 Å². The lowest BCUT2D eigenvalue weighted by Crippen LogP contribution is -2.61. The minimum absolute atomic E-state index is 0.0880. The van der Waals surface area contributed by atoms with Gasteiger partial charge in [-0.2, -0.15) is 11.8 Å². The average Bonchev–Trinajstić information content (AvgIpc) is 3.75. The van der Waals surface area contributed by atoms with E-state index < -0.39 is 63.9 Å². The fourth-order valence-corrected chi connectivity index (χ4v) is 8.16. The van der Waals surface area contributed by atoms with Gasteiger partial charge in [0.05, 0.1) is 33.5 Å². The van der Waals surface area contributed by atoms with Gasteiger partial charge in [-0.25, -0.2) is 14.4 Å². The molecular weight excluding hydrogens is 861 g/mol.